The number of ether oxygens (including phenoxy) is 2. The molecule has 3 aromatic rings. The lowest BCUT2D eigenvalue weighted by molar-refractivity contribution is -0.133. The van der Waals surface area contributed by atoms with Gasteiger partial charge in [0, 0.05) is 23.7 Å². The molecule has 0 unspecified atom stereocenters. The largest absolute Gasteiger partial charge is 0.454 e. The summed E-state index contributed by atoms with van der Waals surface area (Å²) in [5, 5.41) is 5.55. The van der Waals surface area contributed by atoms with Gasteiger partial charge < -0.3 is 24.6 Å². The van der Waals surface area contributed by atoms with Crippen molar-refractivity contribution in [1.82, 2.24) is 9.80 Å². The summed E-state index contributed by atoms with van der Waals surface area (Å²) < 4.78 is 10.9. The van der Waals surface area contributed by atoms with Gasteiger partial charge >= 0.3 is 6.03 Å². The summed E-state index contributed by atoms with van der Waals surface area (Å²) in [5.41, 5.74) is 1.42. The third-order valence-electron chi connectivity index (χ3n) is 5.46. The Bertz CT molecular complexity index is 1220. The Balaban J connectivity index is 1.50. The summed E-state index contributed by atoms with van der Waals surface area (Å²) in [5.74, 6) is 1.36. The first-order chi connectivity index (χ1) is 17.3. The van der Waals surface area contributed by atoms with Crippen molar-refractivity contribution >= 4 is 52.2 Å². The molecule has 2 heterocycles. The van der Waals surface area contributed by atoms with Crippen LogP contribution in [0.1, 0.15) is 24.3 Å². The number of thiophene rings is 1. The van der Waals surface area contributed by atoms with Crippen molar-refractivity contribution < 1.29 is 19.1 Å². The number of hydrogen-bond donors (Lipinski definition) is 1. The van der Waals surface area contributed by atoms with Crippen molar-refractivity contribution in [3.63, 3.8) is 0 Å². The SMILES string of the molecule is CC(C)CN(CC(=O)N(Cc1ccc2c(c1)OCO2)Cc1cccs1)C(=O)Nc1ccc(Cl)c(Cl)c1. The van der Waals surface area contributed by atoms with Gasteiger partial charge in [-0.25, -0.2) is 4.79 Å². The van der Waals surface area contributed by atoms with Gasteiger partial charge in [0.05, 0.1) is 16.6 Å². The fourth-order valence-electron chi connectivity index (χ4n) is 3.78. The van der Waals surface area contributed by atoms with Crippen LogP contribution in [0.2, 0.25) is 10.0 Å². The summed E-state index contributed by atoms with van der Waals surface area (Å²) >= 11 is 13.7. The van der Waals surface area contributed by atoms with Crippen LogP contribution in [-0.4, -0.2) is 41.6 Å². The second-order valence-corrected chi connectivity index (χ2v) is 10.7. The van der Waals surface area contributed by atoms with E-state index in [1.807, 2.05) is 49.6 Å². The molecule has 190 valence electrons. The minimum absolute atomic E-state index is 0.0682. The van der Waals surface area contributed by atoms with Gasteiger partial charge in [0.2, 0.25) is 12.7 Å². The zero-order chi connectivity index (χ0) is 25.7. The number of rotatable bonds is 9. The van der Waals surface area contributed by atoms with E-state index in [1.54, 1.807) is 34.4 Å². The number of carbonyl (C=O) groups excluding carboxylic acids is 2. The average molecular weight is 548 g/mol. The lowest BCUT2D eigenvalue weighted by Crippen LogP contribution is -2.45. The summed E-state index contributed by atoms with van der Waals surface area (Å²) in [6.45, 7) is 5.35. The second kappa shape index (κ2) is 11.9. The van der Waals surface area contributed by atoms with Crippen LogP contribution >= 0.6 is 34.5 Å². The maximum atomic E-state index is 13.6. The lowest BCUT2D eigenvalue weighted by Gasteiger charge is -2.29. The standard InChI is InChI=1S/C26H27Cl2N3O4S/c1-17(2)12-31(26(33)29-19-6-7-21(27)22(28)11-19)15-25(32)30(14-20-4-3-9-36-20)13-18-5-8-23-24(10-18)35-16-34-23/h3-11,17H,12-16H2,1-2H3,(H,29,33). The topological polar surface area (TPSA) is 71.1 Å². The van der Waals surface area contributed by atoms with Crippen LogP contribution in [0.3, 0.4) is 0 Å². The van der Waals surface area contributed by atoms with Gasteiger partial charge in [-0.1, -0.05) is 49.2 Å². The van der Waals surface area contributed by atoms with Gasteiger partial charge in [-0.05, 0) is 53.3 Å². The molecule has 1 aliphatic rings. The molecule has 0 radical (unpaired) electrons. The number of urea groups is 1. The molecule has 10 heteroatoms. The molecule has 0 fully saturated rings. The average Bonchev–Trinajstić information content (AvgIpc) is 3.52. The molecule has 0 spiro atoms. The third-order valence-corrected chi connectivity index (χ3v) is 7.06. The van der Waals surface area contributed by atoms with Gasteiger partial charge in [-0.2, -0.15) is 0 Å². The monoisotopic (exact) mass is 547 g/mol. The zero-order valence-electron chi connectivity index (χ0n) is 20.0. The molecule has 1 N–H and O–H groups in total. The number of nitrogens with zero attached hydrogens (tertiary/aromatic N) is 2. The minimum Gasteiger partial charge on any atom is -0.454 e. The quantitative estimate of drug-likeness (QED) is 0.331. The van der Waals surface area contributed by atoms with E-state index in [0.717, 1.165) is 10.4 Å². The van der Waals surface area contributed by atoms with E-state index in [0.29, 0.717) is 46.9 Å². The molecule has 0 saturated heterocycles. The summed E-state index contributed by atoms with van der Waals surface area (Å²) in [7, 11) is 0. The van der Waals surface area contributed by atoms with Gasteiger partial charge in [-0.15, -0.1) is 11.3 Å². The van der Waals surface area contributed by atoms with Crippen molar-refractivity contribution in [2.75, 3.05) is 25.2 Å². The number of amides is 3. The Morgan fingerprint density at radius 1 is 1.00 bits per heavy atom. The highest BCUT2D eigenvalue weighted by molar-refractivity contribution is 7.09. The van der Waals surface area contributed by atoms with Crippen LogP contribution in [0.25, 0.3) is 0 Å². The number of benzene rings is 2. The van der Waals surface area contributed by atoms with E-state index in [9.17, 15) is 9.59 Å². The van der Waals surface area contributed by atoms with Gasteiger partial charge in [0.25, 0.3) is 0 Å². The highest BCUT2D eigenvalue weighted by Crippen LogP contribution is 2.33. The number of carbonyl (C=O) groups is 2. The molecule has 1 aliphatic heterocycles. The first-order valence-electron chi connectivity index (χ1n) is 11.5. The van der Waals surface area contributed by atoms with Crippen molar-refractivity contribution in [2.45, 2.75) is 26.9 Å². The van der Waals surface area contributed by atoms with Crippen LogP contribution in [0.5, 0.6) is 11.5 Å². The Morgan fingerprint density at radius 3 is 2.53 bits per heavy atom. The van der Waals surface area contributed by atoms with Gasteiger partial charge in [-0.3, -0.25) is 4.79 Å². The van der Waals surface area contributed by atoms with Crippen LogP contribution in [0.15, 0.2) is 53.9 Å². The zero-order valence-corrected chi connectivity index (χ0v) is 22.3. The van der Waals surface area contributed by atoms with E-state index in [1.165, 1.54) is 4.90 Å². The molecular weight excluding hydrogens is 521 g/mol. The number of halogens is 2. The first kappa shape index (κ1) is 26.1. The Morgan fingerprint density at radius 2 is 1.81 bits per heavy atom. The highest BCUT2D eigenvalue weighted by Gasteiger charge is 2.24. The summed E-state index contributed by atoms with van der Waals surface area (Å²) in [6, 6.07) is 14.1. The summed E-state index contributed by atoms with van der Waals surface area (Å²) in [6.07, 6.45) is 0. The smallest absolute Gasteiger partial charge is 0.322 e. The molecule has 0 atom stereocenters. The number of nitrogens with one attached hydrogen (secondary N) is 1. The van der Waals surface area contributed by atoms with Crippen LogP contribution < -0.4 is 14.8 Å². The lowest BCUT2D eigenvalue weighted by atomic mass is 10.1. The van der Waals surface area contributed by atoms with Crippen LogP contribution in [0.4, 0.5) is 10.5 Å². The number of fused-ring (bicyclic) bond motifs is 1. The second-order valence-electron chi connectivity index (χ2n) is 8.85. The Hall–Kier alpha value is -2.94. The van der Waals surface area contributed by atoms with Crippen molar-refractivity contribution in [2.24, 2.45) is 5.92 Å². The molecule has 0 bridgehead atoms. The van der Waals surface area contributed by atoms with E-state index in [-0.39, 0.29) is 31.2 Å². The van der Waals surface area contributed by atoms with Crippen LogP contribution in [-0.2, 0) is 17.9 Å². The molecule has 0 aliphatic carbocycles. The predicted molar refractivity (Wildman–Crippen MR) is 143 cm³/mol. The van der Waals surface area contributed by atoms with Gasteiger partial charge in [0.15, 0.2) is 11.5 Å². The van der Waals surface area contributed by atoms with E-state index in [4.69, 9.17) is 32.7 Å². The molecule has 1 aromatic heterocycles. The number of anilines is 1. The fraction of sp³-hybridized carbons (Fsp3) is 0.308. The van der Waals surface area contributed by atoms with E-state index in [2.05, 4.69) is 5.32 Å². The maximum absolute atomic E-state index is 13.6. The third kappa shape index (κ3) is 6.84. The van der Waals surface area contributed by atoms with Crippen molar-refractivity contribution in [1.29, 1.82) is 0 Å². The molecule has 2 aromatic carbocycles. The van der Waals surface area contributed by atoms with Gasteiger partial charge in [0.1, 0.15) is 6.54 Å². The molecule has 7 nitrogen and oxygen atoms in total. The molecular formula is C26H27Cl2N3O4S. The maximum Gasteiger partial charge on any atom is 0.322 e. The van der Waals surface area contributed by atoms with Crippen LogP contribution in [0, 0.1) is 5.92 Å². The minimum atomic E-state index is -0.380. The molecule has 0 saturated carbocycles. The van der Waals surface area contributed by atoms with E-state index >= 15 is 0 Å². The Kier molecular flexibility index (Phi) is 8.61. The normalized spacial score (nSPS) is 12.0. The van der Waals surface area contributed by atoms with Crippen molar-refractivity contribution in [3.05, 3.63) is 74.4 Å². The Labute approximate surface area is 224 Å². The number of hydrogen-bond acceptors (Lipinski definition) is 5. The fourth-order valence-corrected chi connectivity index (χ4v) is 4.80. The van der Waals surface area contributed by atoms with Crippen molar-refractivity contribution in [3.8, 4) is 11.5 Å². The molecule has 36 heavy (non-hydrogen) atoms. The molecule has 3 amide bonds. The first-order valence-corrected chi connectivity index (χ1v) is 13.1. The molecule has 4 rings (SSSR count). The summed E-state index contributed by atoms with van der Waals surface area (Å²) in [4.78, 5) is 31.0. The predicted octanol–water partition coefficient (Wildman–Crippen LogP) is 6.50. The highest BCUT2D eigenvalue weighted by atomic mass is 35.5. The van der Waals surface area contributed by atoms with E-state index < -0.39 is 0 Å².